The number of amides is 1. The fourth-order valence-electron chi connectivity index (χ4n) is 2.98. The molecule has 0 spiro atoms. The van der Waals surface area contributed by atoms with Gasteiger partial charge >= 0.3 is 0 Å². The van der Waals surface area contributed by atoms with Crippen molar-refractivity contribution >= 4 is 27.3 Å². The van der Waals surface area contributed by atoms with Gasteiger partial charge in [-0.2, -0.15) is 0 Å². The van der Waals surface area contributed by atoms with Gasteiger partial charge in [-0.15, -0.1) is 0 Å². The molecule has 0 aliphatic heterocycles. The maximum atomic E-state index is 13.4. The Balaban J connectivity index is 1.90. The van der Waals surface area contributed by atoms with Gasteiger partial charge in [0.05, 0.1) is 30.0 Å². The molecule has 0 saturated heterocycles. The highest BCUT2D eigenvalue weighted by Gasteiger charge is 2.27. The lowest BCUT2D eigenvalue weighted by atomic mass is 10.3. The number of anilines is 2. The molecule has 0 saturated carbocycles. The normalized spacial score (nSPS) is 10.9. The molecular formula is C23H24N2O5S. The van der Waals surface area contributed by atoms with Gasteiger partial charge in [-0.3, -0.25) is 9.10 Å². The van der Waals surface area contributed by atoms with E-state index in [-0.39, 0.29) is 4.90 Å². The van der Waals surface area contributed by atoms with Gasteiger partial charge in [0.25, 0.3) is 10.0 Å². The molecule has 0 atom stereocenters. The van der Waals surface area contributed by atoms with Crippen LogP contribution in [0.1, 0.15) is 6.92 Å². The molecule has 3 aromatic rings. The number of hydrogen-bond donors (Lipinski definition) is 1. The predicted molar refractivity (Wildman–Crippen MR) is 120 cm³/mol. The van der Waals surface area contributed by atoms with Gasteiger partial charge in [-0.05, 0) is 55.5 Å². The van der Waals surface area contributed by atoms with Crippen LogP contribution in [0, 0.1) is 0 Å². The topological polar surface area (TPSA) is 84.9 Å². The number of rotatable bonds is 9. The van der Waals surface area contributed by atoms with Gasteiger partial charge in [0.15, 0.2) is 0 Å². The van der Waals surface area contributed by atoms with E-state index in [2.05, 4.69) is 5.32 Å². The molecular weight excluding hydrogens is 416 g/mol. The molecule has 0 unspecified atom stereocenters. The van der Waals surface area contributed by atoms with Crippen LogP contribution in [0.4, 0.5) is 11.4 Å². The zero-order valence-corrected chi connectivity index (χ0v) is 18.1. The summed E-state index contributed by atoms with van der Waals surface area (Å²) in [6, 6.07) is 21.5. The lowest BCUT2D eigenvalue weighted by Gasteiger charge is -2.24. The smallest absolute Gasteiger partial charge is 0.264 e. The number of carbonyl (C=O) groups excluding carboxylic acids is 1. The zero-order valence-electron chi connectivity index (χ0n) is 17.3. The number of nitrogens with zero attached hydrogens (tertiary/aromatic N) is 1. The van der Waals surface area contributed by atoms with E-state index in [4.69, 9.17) is 9.47 Å². The Morgan fingerprint density at radius 2 is 1.58 bits per heavy atom. The van der Waals surface area contributed by atoms with Crippen LogP contribution >= 0.6 is 0 Å². The van der Waals surface area contributed by atoms with Crippen molar-refractivity contribution in [1.29, 1.82) is 0 Å². The number of benzene rings is 3. The number of hydrogen-bond acceptors (Lipinski definition) is 5. The quantitative estimate of drug-likeness (QED) is 0.545. The first-order valence-electron chi connectivity index (χ1n) is 9.69. The van der Waals surface area contributed by atoms with Crippen molar-refractivity contribution in [2.75, 3.05) is 29.9 Å². The fourth-order valence-corrected chi connectivity index (χ4v) is 4.40. The molecule has 162 valence electrons. The molecule has 0 radical (unpaired) electrons. The van der Waals surface area contributed by atoms with Crippen molar-refractivity contribution in [1.82, 2.24) is 0 Å². The molecule has 1 N–H and O–H groups in total. The Morgan fingerprint density at radius 1 is 0.935 bits per heavy atom. The van der Waals surface area contributed by atoms with Crippen LogP contribution in [0.25, 0.3) is 0 Å². The Bertz CT molecular complexity index is 1120. The predicted octanol–water partition coefficient (Wildman–Crippen LogP) is 3.93. The SMILES string of the molecule is CCOc1ccc(S(=O)(=O)N(CC(=O)Nc2ccccc2OC)c2ccccc2)cc1. The second-order valence-corrected chi connectivity index (χ2v) is 8.36. The first-order chi connectivity index (χ1) is 15.0. The minimum absolute atomic E-state index is 0.0601. The minimum atomic E-state index is -4.00. The maximum absolute atomic E-state index is 13.4. The second kappa shape index (κ2) is 9.99. The van der Waals surface area contributed by atoms with E-state index >= 15 is 0 Å². The lowest BCUT2D eigenvalue weighted by Crippen LogP contribution is -2.38. The number of carbonyl (C=O) groups is 1. The molecule has 8 heteroatoms. The highest BCUT2D eigenvalue weighted by molar-refractivity contribution is 7.92. The van der Waals surface area contributed by atoms with Crippen LogP contribution in [-0.2, 0) is 14.8 Å². The molecule has 7 nitrogen and oxygen atoms in total. The van der Waals surface area contributed by atoms with Crippen molar-refractivity contribution in [3.63, 3.8) is 0 Å². The van der Waals surface area contributed by atoms with Crippen LogP contribution in [0.5, 0.6) is 11.5 Å². The summed E-state index contributed by atoms with van der Waals surface area (Å²) < 4.78 is 38.5. The third-order valence-corrected chi connectivity index (χ3v) is 6.22. The number of nitrogens with one attached hydrogen (secondary N) is 1. The van der Waals surface area contributed by atoms with E-state index in [1.54, 1.807) is 66.7 Å². The van der Waals surface area contributed by atoms with E-state index in [0.29, 0.717) is 29.5 Å². The molecule has 3 rings (SSSR count). The number of ether oxygens (including phenoxy) is 2. The van der Waals surface area contributed by atoms with E-state index in [9.17, 15) is 13.2 Å². The maximum Gasteiger partial charge on any atom is 0.264 e. The molecule has 0 aromatic heterocycles. The van der Waals surface area contributed by atoms with Gasteiger partial charge in [-0.25, -0.2) is 8.42 Å². The number of sulfonamides is 1. The molecule has 3 aromatic carbocycles. The van der Waals surface area contributed by atoms with Gasteiger partial charge in [0.1, 0.15) is 18.0 Å². The fraction of sp³-hybridized carbons (Fsp3) is 0.174. The van der Waals surface area contributed by atoms with Gasteiger partial charge in [0, 0.05) is 0 Å². The number of methoxy groups -OCH3 is 1. The summed E-state index contributed by atoms with van der Waals surface area (Å²) >= 11 is 0. The van der Waals surface area contributed by atoms with Crippen LogP contribution in [-0.4, -0.2) is 34.6 Å². The summed E-state index contributed by atoms with van der Waals surface area (Å²) in [5, 5.41) is 2.72. The third-order valence-electron chi connectivity index (χ3n) is 4.44. The highest BCUT2D eigenvalue weighted by atomic mass is 32.2. The van der Waals surface area contributed by atoms with E-state index in [1.807, 2.05) is 6.92 Å². The molecule has 0 fully saturated rings. The molecule has 0 heterocycles. The van der Waals surface area contributed by atoms with Crippen molar-refractivity contribution in [3.8, 4) is 11.5 Å². The van der Waals surface area contributed by atoms with Crippen molar-refractivity contribution in [2.24, 2.45) is 0 Å². The summed E-state index contributed by atoms with van der Waals surface area (Å²) in [6.45, 7) is 1.92. The summed E-state index contributed by atoms with van der Waals surface area (Å²) in [6.07, 6.45) is 0. The van der Waals surface area contributed by atoms with Crippen LogP contribution < -0.4 is 19.1 Å². The molecule has 0 aliphatic rings. The van der Waals surface area contributed by atoms with Crippen molar-refractivity contribution in [2.45, 2.75) is 11.8 Å². The average molecular weight is 441 g/mol. The van der Waals surface area contributed by atoms with Crippen LogP contribution in [0.15, 0.2) is 83.8 Å². The first-order valence-corrected chi connectivity index (χ1v) is 11.1. The summed E-state index contributed by atoms with van der Waals surface area (Å²) in [4.78, 5) is 12.8. The monoisotopic (exact) mass is 440 g/mol. The van der Waals surface area contributed by atoms with Crippen molar-refractivity contribution < 1.29 is 22.7 Å². The summed E-state index contributed by atoms with van der Waals surface area (Å²) in [5.41, 5.74) is 0.841. The highest BCUT2D eigenvalue weighted by Crippen LogP contribution is 2.26. The van der Waals surface area contributed by atoms with Gasteiger partial charge in [-0.1, -0.05) is 30.3 Å². The molecule has 1 amide bonds. The standard InChI is InChI=1S/C23H24N2O5S/c1-3-30-19-13-15-20(16-14-19)31(27,28)25(18-9-5-4-6-10-18)17-23(26)24-21-11-7-8-12-22(21)29-2/h4-16H,3,17H2,1-2H3,(H,24,26). The van der Waals surface area contributed by atoms with Crippen LogP contribution in [0.2, 0.25) is 0 Å². The minimum Gasteiger partial charge on any atom is -0.495 e. The lowest BCUT2D eigenvalue weighted by molar-refractivity contribution is -0.114. The average Bonchev–Trinajstić information content (AvgIpc) is 2.79. The van der Waals surface area contributed by atoms with Gasteiger partial charge in [0.2, 0.25) is 5.91 Å². The Labute approximate surface area is 182 Å². The second-order valence-electron chi connectivity index (χ2n) is 6.50. The Kier molecular flexibility index (Phi) is 7.15. The molecule has 31 heavy (non-hydrogen) atoms. The van der Waals surface area contributed by atoms with E-state index in [0.717, 1.165) is 4.31 Å². The summed E-state index contributed by atoms with van der Waals surface area (Å²) in [5.74, 6) is 0.556. The zero-order chi connectivity index (χ0) is 22.3. The van der Waals surface area contributed by atoms with Crippen LogP contribution in [0.3, 0.4) is 0 Å². The third kappa shape index (κ3) is 5.35. The Hall–Kier alpha value is -3.52. The molecule has 0 aliphatic carbocycles. The van der Waals surface area contributed by atoms with E-state index < -0.39 is 22.5 Å². The number of para-hydroxylation sites is 3. The van der Waals surface area contributed by atoms with Gasteiger partial charge < -0.3 is 14.8 Å². The molecule has 0 bridgehead atoms. The largest absolute Gasteiger partial charge is 0.495 e. The Morgan fingerprint density at radius 3 is 2.23 bits per heavy atom. The van der Waals surface area contributed by atoms with E-state index in [1.165, 1.54) is 19.2 Å². The van der Waals surface area contributed by atoms with Crippen molar-refractivity contribution in [3.05, 3.63) is 78.9 Å². The first kappa shape index (κ1) is 22.2. The summed E-state index contributed by atoms with van der Waals surface area (Å²) in [7, 11) is -2.51.